The van der Waals surface area contributed by atoms with Crippen LogP contribution in [0.25, 0.3) is 0 Å². The minimum absolute atomic E-state index is 0.0449. The molecule has 1 rings (SSSR count). The third-order valence-electron chi connectivity index (χ3n) is 3.40. The number of hydrogen-bond donors (Lipinski definition) is 1. The van der Waals surface area contributed by atoms with Crippen LogP contribution in [0.5, 0.6) is 0 Å². The van der Waals surface area contributed by atoms with E-state index < -0.39 is 0 Å². The minimum atomic E-state index is 0.0449. The largest absolute Gasteiger partial charge is 0.354 e. The lowest BCUT2D eigenvalue weighted by molar-refractivity contribution is -0.121. The molecule has 0 bridgehead atoms. The summed E-state index contributed by atoms with van der Waals surface area (Å²) in [4.78, 5) is 16.3. The molecule has 1 aliphatic rings. The second-order valence-corrected chi connectivity index (χ2v) is 6.11. The normalized spacial score (nSPS) is 19.3. The first kappa shape index (κ1) is 14.9. The van der Waals surface area contributed by atoms with Crippen molar-refractivity contribution < 1.29 is 4.79 Å². The van der Waals surface area contributed by atoms with Crippen LogP contribution in [0.15, 0.2) is 0 Å². The number of alkyl halides is 1. The predicted molar refractivity (Wildman–Crippen MR) is 74.6 cm³/mol. The van der Waals surface area contributed by atoms with Crippen molar-refractivity contribution in [2.24, 2.45) is 0 Å². The highest BCUT2D eigenvalue weighted by Gasteiger charge is 2.29. The van der Waals surface area contributed by atoms with Gasteiger partial charge in [0.1, 0.15) is 0 Å². The summed E-state index contributed by atoms with van der Waals surface area (Å²) >= 11 is 3.28. The molecule has 1 amide bonds. The molecule has 1 fully saturated rings. The Hall–Kier alpha value is -0.130. The number of nitrogens with one attached hydrogen (secondary N) is 1. The van der Waals surface area contributed by atoms with Crippen LogP contribution < -0.4 is 5.32 Å². The topological polar surface area (TPSA) is 35.6 Å². The number of nitrogens with zero attached hydrogens (tertiary/aromatic N) is 2. The van der Waals surface area contributed by atoms with Crippen molar-refractivity contribution in [1.82, 2.24) is 15.1 Å². The molecule has 0 aromatic rings. The van der Waals surface area contributed by atoms with Crippen LogP contribution in [0.1, 0.15) is 20.3 Å². The van der Waals surface area contributed by atoms with Crippen LogP contribution in [0.2, 0.25) is 0 Å². The van der Waals surface area contributed by atoms with E-state index in [-0.39, 0.29) is 11.4 Å². The smallest absolute Gasteiger partial charge is 0.220 e. The average molecular weight is 306 g/mol. The molecule has 0 aromatic heterocycles. The van der Waals surface area contributed by atoms with Crippen LogP contribution in [0.3, 0.4) is 0 Å². The highest BCUT2D eigenvalue weighted by atomic mass is 79.9. The molecule has 1 heterocycles. The lowest BCUT2D eigenvalue weighted by atomic mass is 10.0. The summed E-state index contributed by atoms with van der Waals surface area (Å²) in [5, 5.41) is 3.74. The lowest BCUT2D eigenvalue weighted by Crippen LogP contribution is -2.57. The van der Waals surface area contributed by atoms with Gasteiger partial charge in [-0.3, -0.25) is 9.69 Å². The maximum absolute atomic E-state index is 11.5. The molecule has 1 saturated heterocycles. The molecular formula is C12H24BrN3O. The Morgan fingerprint density at radius 1 is 1.29 bits per heavy atom. The van der Waals surface area contributed by atoms with Crippen molar-refractivity contribution in [3.63, 3.8) is 0 Å². The summed E-state index contributed by atoms with van der Waals surface area (Å²) in [7, 11) is 2.15. The molecule has 17 heavy (non-hydrogen) atoms. The first-order valence-electron chi connectivity index (χ1n) is 6.22. The summed E-state index contributed by atoms with van der Waals surface area (Å²) in [6.07, 6.45) is 0.554. The first-order chi connectivity index (χ1) is 7.95. The molecule has 5 heteroatoms. The molecule has 100 valence electrons. The molecule has 0 atom stereocenters. The van der Waals surface area contributed by atoms with Crippen LogP contribution in [-0.4, -0.2) is 66.3 Å². The summed E-state index contributed by atoms with van der Waals surface area (Å²) in [6, 6.07) is 0. The minimum Gasteiger partial charge on any atom is -0.354 e. The van der Waals surface area contributed by atoms with Gasteiger partial charge in [-0.25, -0.2) is 0 Å². The lowest BCUT2D eigenvalue weighted by Gasteiger charge is -2.43. The van der Waals surface area contributed by atoms with Crippen molar-refractivity contribution in [3.8, 4) is 0 Å². The summed E-state index contributed by atoms with van der Waals surface area (Å²) in [5.74, 6) is 0.129. The summed E-state index contributed by atoms with van der Waals surface area (Å²) in [6.45, 7) is 9.51. The van der Waals surface area contributed by atoms with Crippen molar-refractivity contribution >= 4 is 21.8 Å². The van der Waals surface area contributed by atoms with E-state index in [1.165, 1.54) is 0 Å². The number of carbonyl (C=O) groups excluding carboxylic acids is 1. The number of piperazine rings is 1. The van der Waals surface area contributed by atoms with E-state index >= 15 is 0 Å². The van der Waals surface area contributed by atoms with Gasteiger partial charge in [0, 0.05) is 50.0 Å². The quantitative estimate of drug-likeness (QED) is 0.767. The van der Waals surface area contributed by atoms with Crippen LogP contribution in [-0.2, 0) is 4.79 Å². The van der Waals surface area contributed by atoms with Crippen molar-refractivity contribution in [2.75, 3.05) is 45.1 Å². The Balaban J connectivity index is 2.36. The van der Waals surface area contributed by atoms with Gasteiger partial charge in [-0.2, -0.15) is 0 Å². The number of hydrogen-bond acceptors (Lipinski definition) is 3. The van der Waals surface area contributed by atoms with Gasteiger partial charge in [0.25, 0.3) is 0 Å². The molecule has 1 N–H and O–H groups in total. The standard InChI is InChI=1S/C12H24BrN3O/c1-12(2,10-14-11(17)4-5-13)16-8-6-15(3)7-9-16/h4-10H2,1-3H3,(H,14,17). The zero-order valence-electron chi connectivity index (χ0n) is 11.1. The number of carbonyl (C=O) groups is 1. The summed E-state index contributed by atoms with van der Waals surface area (Å²) in [5.41, 5.74) is 0.0449. The van der Waals surface area contributed by atoms with Crippen LogP contribution in [0, 0.1) is 0 Å². The molecule has 0 unspecified atom stereocenters. The van der Waals surface area contributed by atoms with E-state index in [0.717, 1.165) is 38.1 Å². The zero-order chi connectivity index (χ0) is 12.9. The van der Waals surface area contributed by atoms with Gasteiger partial charge in [-0.15, -0.1) is 0 Å². The Kier molecular flexibility index (Phi) is 5.89. The highest BCUT2D eigenvalue weighted by Crippen LogP contribution is 2.15. The molecule has 0 radical (unpaired) electrons. The van der Waals surface area contributed by atoms with E-state index in [4.69, 9.17) is 0 Å². The van der Waals surface area contributed by atoms with Gasteiger partial charge in [0.15, 0.2) is 0 Å². The number of likely N-dealkylation sites (N-methyl/N-ethyl adjacent to an activating group) is 1. The molecule has 0 aromatic carbocycles. The number of halogens is 1. The maximum atomic E-state index is 11.5. The van der Waals surface area contributed by atoms with E-state index in [1.54, 1.807) is 0 Å². The predicted octanol–water partition coefficient (Wildman–Crippen LogP) is 0.914. The van der Waals surface area contributed by atoms with Crippen molar-refractivity contribution in [1.29, 1.82) is 0 Å². The molecule has 4 nitrogen and oxygen atoms in total. The molecule has 1 aliphatic heterocycles. The van der Waals surface area contributed by atoms with E-state index in [2.05, 4.69) is 51.9 Å². The highest BCUT2D eigenvalue weighted by molar-refractivity contribution is 9.09. The van der Waals surface area contributed by atoms with Gasteiger partial charge in [-0.05, 0) is 20.9 Å². The molecule has 0 spiro atoms. The van der Waals surface area contributed by atoms with Gasteiger partial charge < -0.3 is 10.2 Å². The fourth-order valence-corrected chi connectivity index (χ4v) is 2.37. The second-order valence-electron chi connectivity index (χ2n) is 5.32. The Morgan fingerprint density at radius 2 is 1.88 bits per heavy atom. The average Bonchev–Trinajstić information content (AvgIpc) is 2.28. The Morgan fingerprint density at radius 3 is 2.41 bits per heavy atom. The van der Waals surface area contributed by atoms with Gasteiger partial charge in [-0.1, -0.05) is 15.9 Å². The van der Waals surface area contributed by atoms with Gasteiger partial charge >= 0.3 is 0 Å². The second kappa shape index (κ2) is 6.71. The number of amides is 1. The molecule has 0 saturated carbocycles. The third-order valence-corrected chi connectivity index (χ3v) is 3.80. The fraction of sp³-hybridized carbons (Fsp3) is 0.917. The van der Waals surface area contributed by atoms with Crippen LogP contribution in [0.4, 0.5) is 0 Å². The van der Waals surface area contributed by atoms with E-state index in [9.17, 15) is 4.79 Å². The molecule has 0 aliphatic carbocycles. The van der Waals surface area contributed by atoms with Crippen molar-refractivity contribution in [2.45, 2.75) is 25.8 Å². The monoisotopic (exact) mass is 305 g/mol. The fourth-order valence-electron chi connectivity index (χ4n) is 2.01. The maximum Gasteiger partial charge on any atom is 0.220 e. The third kappa shape index (κ3) is 4.94. The Bertz CT molecular complexity index is 250. The first-order valence-corrected chi connectivity index (χ1v) is 7.34. The SMILES string of the molecule is CN1CCN(C(C)(C)CNC(=O)CCBr)CC1. The van der Waals surface area contributed by atoms with Gasteiger partial charge in [0.05, 0.1) is 0 Å². The van der Waals surface area contributed by atoms with E-state index in [0.29, 0.717) is 6.42 Å². The molecular weight excluding hydrogens is 282 g/mol. The van der Waals surface area contributed by atoms with Gasteiger partial charge in [0.2, 0.25) is 5.91 Å². The van der Waals surface area contributed by atoms with Crippen LogP contribution >= 0.6 is 15.9 Å². The summed E-state index contributed by atoms with van der Waals surface area (Å²) < 4.78 is 0. The Labute approximate surface area is 113 Å². The number of rotatable bonds is 5. The zero-order valence-corrected chi connectivity index (χ0v) is 12.7. The van der Waals surface area contributed by atoms with E-state index in [1.807, 2.05) is 0 Å². The van der Waals surface area contributed by atoms with Crippen molar-refractivity contribution in [3.05, 3.63) is 0 Å².